The van der Waals surface area contributed by atoms with Gasteiger partial charge in [-0.15, -0.1) is 0 Å². The third kappa shape index (κ3) is 5.43. The van der Waals surface area contributed by atoms with E-state index >= 15 is 0 Å². The van der Waals surface area contributed by atoms with Crippen LogP contribution in [0.5, 0.6) is 0 Å². The molecule has 0 atom stereocenters. The highest BCUT2D eigenvalue weighted by atomic mass is 16.6. The fraction of sp³-hybridized carbons (Fsp3) is 0.400. The normalized spacial score (nSPS) is 12.1. The average molecular weight is 233 g/mol. The minimum atomic E-state index is 0.0324. The van der Waals surface area contributed by atoms with Crippen molar-refractivity contribution in [3.05, 3.63) is 53.8 Å². The van der Waals surface area contributed by atoms with E-state index in [-0.39, 0.29) is 5.95 Å². The molecule has 2 heteroatoms. The highest BCUT2D eigenvalue weighted by molar-refractivity contribution is 5.32. The molecule has 2 nitrogen and oxygen atoms in total. The Morgan fingerprint density at radius 3 is 2.59 bits per heavy atom. The first-order chi connectivity index (χ1) is 8.24. The summed E-state index contributed by atoms with van der Waals surface area (Å²) >= 11 is 0. The van der Waals surface area contributed by atoms with Crippen molar-refractivity contribution in [3.8, 4) is 0 Å². The summed E-state index contributed by atoms with van der Waals surface area (Å²) in [6, 6.07) is 9.90. The van der Waals surface area contributed by atoms with Crippen LogP contribution in [0.4, 0.5) is 0 Å². The molecule has 0 saturated heterocycles. The van der Waals surface area contributed by atoms with E-state index < -0.39 is 0 Å². The number of unbranched alkanes of at least 4 members (excludes halogenated alkanes) is 2. The highest BCUT2D eigenvalue weighted by Gasteiger charge is 2.03. The summed E-state index contributed by atoms with van der Waals surface area (Å²) in [5, 5.41) is 9.70. The van der Waals surface area contributed by atoms with Crippen LogP contribution in [0.25, 0.3) is 0 Å². The fourth-order valence-corrected chi connectivity index (χ4v) is 1.50. The van der Waals surface area contributed by atoms with Crippen LogP contribution < -0.4 is 0 Å². The molecule has 0 aliphatic rings. The summed E-state index contributed by atoms with van der Waals surface area (Å²) in [6.07, 6.45) is 5.19. The van der Waals surface area contributed by atoms with Crippen LogP contribution in [0.1, 0.15) is 38.7 Å². The van der Waals surface area contributed by atoms with Crippen molar-refractivity contribution in [1.82, 2.24) is 0 Å². The maximum absolute atomic E-state index is 9.70. The first kappa shape index (κ1) is 13.6. The maximum Gasteiger partial charge on any atom is 0.276 e. The number of aliphatic hydroxyl groups excluding tert-OH is 1. The summed E-state index contributed by atoms with van der Waals surface area (Å²) in [6.45, 7) is 4.58. The number of aliphatic hydroxyl groups is 1. The van der Waals surface area contributed by atoms with Crippen LogP contribution in [0.2, 0.25) is 0 Å². The molecule has 17 heavy (non-hydrogen) atoms. The fourth-order valence-electron chi connectivity index (χ4n) is 1.50. The van der Waals surface area contributed by atoms with Gasteiger partial charge < -0.3 is 9.84 Å². The Morgan fingerprint density at radius 1 is 1.24 bits per heavy atom. The van der Waals surface area contributed by atoms with Crippen LogP contribution in [-0.4, -0.2) is 11.7 Å². The van der Waals surface area contributed by atoms with Gasteiger partial charge in [-0.05, 0) is 18.9 Å². The molecule has 1 rings (SSSR count). The van der Waals surface area contributed by atoms with Crippen molar-refractivity contribution >= 4 is 0 Å². The van der Waals surface area contributed by atoms with Crippen LogP contribution in [0.3, 0.4) is 0 Å². The first-order valence-corrected chi connectivity index (χ1v) is 6.16. The van der Waals surface area contributed by atoms with Gasteiger partial charge in [-0.2, -0.15) is 0 Å². The first-order valence-electron chi connectivity index (χ1n) is 6.16. The second-order valence-electron chi connectivity index (χ2n) is 4.10. The molecule has 0 unspecified atom stereocenters. The SMILES string of the molecule is CCCCCOC(O)=C(C)[CH]c1ccccc1. The van der Waals surface area contributed by atoms with E-state index in [1.165, 1.54) is 0 Å². The number of benzene rings is 1. The largest absolute Gasteiger partial charge is 0.481 e. The third-order valence-corrected chi connectivity index (χ3v) is 2.51. The van der Waals surface area contributed by atoms with Crippen LogP contribution in [0, 0.1) is 6.42 Å². The van der Waals surface area contributed by atoms with Gasteiger partial charge in [0, 0.05) is 12.0 Å². The van der Waals surface area contributed by atoms with Gasteiger partial charge in [0.25, 0.3) is 5.95 Å². The molecule has 0 bridgehead atoms. The molecule has 1 aromatic carbocycles. The monoisotopic (exact) mass is 233 g/mol. The molecule has 0 aliphatic carbocycles. The number of ether oxygens (including phenoxy) is 1. The lowest BCUT2D eigenvalue weighted by atomic mass is 10.1. The molecular weight excluding hydrogens is 212 g/mol. The zero-order valence-electron chi connectivity index (χ0n) is 10.6. The summed E-state index contributed by atoms with van der Waals surface area (Å²) in [5.74, 6) is 0.0324. The standard InChI is InChI=1S/C15H21O2/c1-3-4-8-11-17-15(16)13(2)12-14-9-6-5-7-10-14/h5-7,9-10,12,16H,3-4,8,11H2,1-2H3. The quantitative estimate of drug-likeness (QED) is 0.564. The van der Waals surface area contributed by atoms with E-state index in [9.17, 15) is 5.11 Å². The summed E-state index contributed by atoms with van der Waals surface area (Å²) < 4.78 is 5.28. The van der Waals surface area contributed by atoms with E-state index in [0.717, 1.165) is 30.4 Å². The minimum Gasteiger partial charge on any atom is -0.481 e. The number of hydrogen-bond donors (Lipinski definition) is 1. The molecule has 0 saturated carbocycles. The van der Waals surface area contributed by atoms with Gasteiger partial charge in [-0.25, -0.2) is 0 Å². The van der Waals surface area contributed by atoms with Crippen LogP contribution in [0.15, 0.2) is 41.9 Å². The van der Waals surface area contributed by atoms with Gasteiger partial charge in [0.05, 0.1) is 6.61 Å². The van der Waals surface area contributed by atoms with Gasteiger partial charge in [0.1, 0.15) is 0 Å². The Hall–Kier alpha value is -1.44. The van der Waals surface area contributed by atoms with Crippen molar-refractivity contribution < 1.29 is 9.84 Å². The lowest BCUT2D eigenvalue weighted by molar-refractivity contribution is 0.0872. The molecule has 0 aliphatic heterocycles. The highest BCUT2D eigenvalue weighted by Crippen LogP contribution is 2.13. The van der Waals surface area contributed by atoms with Crippen LogP contribution >= 0.6 is 0 Å². The zero-order valence-corrected chi connectivity index (χ0v) is 10.6. The van der Waals surface area contributed by atoms with Crippen molar-refractivity contribution in [1.29, 1.82) is 0 Å². The second kappa shape index (κ2) is 7.77. The lowest BCUT2D eigenvalue weighted by Crippen LogP contribution is -1.98. The van der Waals surface area contributed by atoms with Gasteiger partial charge >= 0.3 is 0 Å². The van der Waals surface area contributed by atoms with E-state index in [1.807, 2.05) is 43.7 Å². The van der Waals surface area contributed by atoms with E-state index in [1.54, 1.807) is 0 Å². The van der Waals surface area contributed by atoms with Gasteiger partial charge in [-0.1, -0.05) is 50.1 Å². The van der Waals surface area contributed by atoms with Crippen molar-refractivity contribution in [2.75, 3.05) is 6.61 Å². The maximum atomic E-state index is 9.70. The molecule has 1 aromatic rings. The number of rotatable bonds is 7. The van der Waals surface area contributed by atoms with Crippen molar-refractivity contribution in [2.24, 2.45) is 0 Å². The topological polar surface area (TPSA) is 29.5 Å². The molecule has 0 aromatic heterocycles. The predicted octanol–water partition coefficient (Wildman–Crippen LogP) is 4.24. The molecular formula is C15H21O2. The molecule has 1 radical (unpaired) electrons. The van der Waals surface area contributed by atoms with Gasteiger partial charge in [0.15, 0.2) is 0 Å². The lowest BCUT2D eigenvalue weighted by Gasteiger charge is -2.08. The van der Waals surface area contributed by atoms with Crippen LogP contribution in [-0.2, 0) is 4.74 Å². The minimum absolute atomic E-state index is 0.0324. The van der Waals surface area contributed by atoms with E-state index in [2.05, 4.69) is 6.92 Å². The average Bonchev–Trinajstić information content (AvgIpc) is 2.35. The van der Waals surface area contributed by atoms with E-state index in [0.29, 0.717) is 6.61 Å². The van der Waals surface area contributed by atoms with Crippen molar-refractivity contribution in [2.45, 2.75) is 33.1 Å². The molecule has 0 spiro atoms. The Balaban J connectivity index is 2.41. The molecule has 93 valence electrons. The third-order valence-electron chi connectivity index (χ3n) is 2.51. The Bertz CT molecular complexity index is 341. The number of hydrogen-bond acceptors (Lipinski definition) is 2. The van der Waals surface area contributed by atoms with Crippen molar-refractivity contribution in [3.63, 3.8) is 0 Å². The summed E-state index contributed by atoms with van der Waals surface area (Å²) in [4.78, 5) is 0. The molecule has 1 N–H and O–H groups in total. The van der Waals surface area contributed by atoms with Gasteiger partial charge in [-0.3, -0.25) is 0 Å². The second-order valence-corrected chi connectivity index (χ2v) is 4.10. The molecule has 0 heterocycles. The summed E-state index contributed by atoms with van der Waals surface area (Å²) in [7, 11) is 0. The zero-order chi connectivity index (χ0) is 12.5. The molecule has 0 fully saturated rings. The Morgan fingerprint density at radius 2 is 1.94 bits per heavy atom. The predicted molar refractivity (Wildman–Crippen MR) is 70.6 cm³/mol. The smallest absolute Gasteiger partial charge is 0.276 e. The number of allylic oxidation sites excluding steroid dienone is 1. The van der Waals surface area contributed by atoms with Gasteiger partial charge in [0.2, 0.25) is 0 Å². The Kier molecular flexibility index (Phi) is 6.23. The summed E-state index contributed by atoms with van der Waals surface area (Å²) in [5.41, 5.74) is 1.82. The van der Waals surface area contributed by atoms with E-state index in [4.69, 9.17) is 4.74 Å². The molecule has 0 amide bonds. The Labute approximate surface area is 104 Å².